The Hall–Kier alpha value is -1.93. The molecule has 1 aromatic rings. The van der Waals surface area contributed by atoms with Crippen LogP contribution in [0.1, 0.15) is 12.0 Å². The van der Waals surface area contributed by atoms with Crippen molar-refractivity contribution < 1.29 is 23.1 Å². The lowest BCUT2D eigenvalue weighted by atomic mass is 10.2. The smallest absolute Gasteiger partial charge is 0.307 e. The highest BCUT2D eigenvalue weighted by Gasteiger charge is 2.48. The molecule has 1 saturated carbocycles. The van der Waals surface area contributed by atoms with Gasteiger partial charge in [0, 0.05) is 6.54 Å². The number of benzene rings is 1. The molecule has 0 aliphatic heterocycles. The van der Waals surface area contributed by atoms with E-state index in [1.165, 1.54) is 12.1 Å². The lowest BCUT2D eigenvalue weighted by Gasteiger charge is -2.05. The average Bonchev–Trinajstić information content (AvgIpc) is 3.15. The van der Waals surface area contributed by atoms with Crippen molar-refractivity contribution in [2.75, 3.05) is 0 Å². The Labute approximate surface area is 115 Å². The summed E-state index contributed by atoms with van der Waals surface area (Å²) in [6.45, 7) is 0.215. The fourth-order valence-electron chi connectivity index (χ4n) is 1.87. The molecule has 0 heterocycles. The molecule has 1 aliphatic rings. The fraction of sp³-hybridized carbons (Fsp3) is 0.333. The summed E-state index contributed by atoms with van der Waals surface area (Å²) in [7, 11) is -3.72. The molecular formula is C12H14N2O5S. The summed E-state index contributed by atoms with van der Waals surface area (Å²) in [6, 6.07) is 5.80. The van der Waals surface area contributed by atoms with Crippen LogP contribution in [-0.2, 0) is 26.2 Å². The van der Waals surface area contributed by atoms with Crippen LogP contribution in [0, 0.1) is 11.8 Å². The van der Waals surface area contributed by atoms with Gasteiger partial charge in [-0.05, 0) is 24.1 Å². The van der Waals surface area contributed by atoms with Crippen LogP contribution in [0.25, 0.3) is 0 Å². The zero-order valence-electron chi connectivity index (χ0n) is 10.4. The maximum absolute atomic E-state index is 11.6. The second-order valence-corrected chi connectivity index (χ2v) is 6.26. The number of nitrogens with two attached hydrogens (primary N) is 1. The van der Waals surface area contributed by atoms with E-state index in [1.54, 1.807) is 12.1 Å². The Morgan fingerprint density at radius 3 is 2.30 bits per heavy atom. The number of aliphatic carboxylic acids is 1. The van der Waals surface area contributed by atoms with Crippen molar-refractivity contribution in [3.8, 4) is 0 Å². The molecular weight excluding hydrogens is 284 g/mol. The molecule has 1 aromatic carbocycles. The second-order valence-electron chi connectivity index (χ2n) is 4.69. The molecule has 0 bridgehead atoms. The van der Waals surface area contributed by atoms with Crippen molar-refractivity contribution in [1.29, 1.82) is 0 Å². The summed E-state index contributed by atoms with van der Waals surface area (Å²) < 4.78 is 22.1. The van der Waals surface area contributed by atoms with Crippen LogP contribution in [0.3, 0.4) is 0 Å². The molecule has 20 heavy (non-hydrogen) atoms. The number of nitrogens with one attached hydrogen (secondary N) is 1. The first-order valence-corrected chi connectivity index (χ1v) is 7.46. The van der Waals surface area contributed by atoms with Crippen LogP contribution in [0.5, 0.6) is 0 Å². The first-order chi connectivity index (χ1) is 9.29. The van der Waals surface area contributed by atoms with Crippen molar-refractivity contribution in [2.24, 2.45) is 17.0 Å². The number of sulfonamides is 1. The van der Waals surface area contributed by atoms with E-state index in [-0.39, 0.29) is 17.3 Å². The standard InChI is InChI=1S/C12H14N2O5S/c13-20(18,19)8-3-1-7(2-4-8)6-14-11(15)9-5-10(9)12(16)17/h1-4,9-10H,5-6H2,(H,14,15)(H,16,17)(H2,13,18,19)/t9-,10-/m1/s1. The second kappa shape index (κ2) is 5.22. The Balaban J connectivity index is 1.89. The van der Waals surface area contributed by atoms with Crippen molar-refractivity contribution in [1.82, 2.24) is 5.32 Å². The van der Waals surface area contributed by atoms with Crippen LogP contribution >= 0.6 is 0 Å². The molecule has 1 aliphatic carbocycles. The van der Waals surface area contributed by atoms with E-state index in [9.17, 15) is 18.0 Å². The van der Waals surface area contributed by atoms with E-state index in [4.69, 9.17) is 10.2 Å². The highest BCUT2D eigenvalue weighted by atomic mass is 32.2. The molecule has 7 nitrogen and oxygen atoms in total. The predicted molar refractivity (Wildman–Crippen MR) is 68.9 cm³/mol. The first kappa shape index (κ1) is 14.5. The maximum atomic E-state index is 11.6. The van der Waals surface area contributed by atoms with Crippen molar-refractivity contribution in [3.63, 3.8) is 0 Å². The summed E-state index contributed by atoms with van der Waals surface area (Å²) in [5.41, 5.74) is 0.707. The van der Waals surface area contributed by atoms with E-state index in [0.717, 1.165) is 0 Å². The molecule has 0 unspecified atom stereocenters. The van der Waals surface area contributed by atoms with Crippen LogP contribution in [0.2, 0.25) is 0 Å². The molecule has 108 valence electrons. The van der Waals surface area contributed by atoms with Gasteiger partial charge in [0.05, 0.1) is 16.7 Å². The number of hydrogen-bond donors (Lipinski definition) is 3. The topological polar surface area (TPSA) is 127 Å². The van der Waals surface area contributed by atoms with Crippen molar-refractivity contribution in [3.05, 3.63) is 29.8 Å². The van der Waals surface area contributed by atoms with Gasteiger partial charge in [0.2, 0.25) is 15.9 Å². The Morgan fingerprint density at radius 2 is 1.85 bits per heavy atom. The third kappa shape index (κ3) is 3.34. The molecule has 4 N–H and O–H groups in total. The molecule has 0 saturated heterocycles. The molecule has 0 radical (unpaired) electrons. The van der Waals surface area contributed by atoms with Gasteiger partial charge in [-0.2, -0.15) is 0 Å². The number of carboxylic acid groups (broad SMARTS) is 1. The number of rotatable bonds is 5. The summed E-state index contributed by atoms with van der Waals surface area (Å²) >= 11 is 0. The monoisotopic (exact) mass is 298 g/mol. The van der Waals surface area contributed by atoms with Gasteiger partial charge in [-0.3, -0.25) is 9.59 Å². The summed E-state index contributed by atoms with van der Waals surface area (Å²) in [5, 5.41) is 16.3. The summed E-state index contributed by atoms with van der Waals surface area (Å²) in [6.07, 6.45) is 0.367. The zero-order valence-corrected chi connectivity index (χ0v) is 11.3. The molecule has 1 fully saturated rings. The van der Waals surface area contributed by atoms with E-state index in [2.05, 4.69) is 5.32 Å². The van der Waals surface area contributed by atoms with Gasteiger partial charge in [-0.1, -0.05) is 12.1 Å². The SMILES string of the molecule is NS(=O)(=O)c1ccc(CNC(=O)[C@@H]2C[C@H]2C(=O)O)cc1. The third-order valence-electron chi connectivity index (χ3n) is 3.16. The quantitative estimate of drug-likeness (QED) is 0.686. The Bertz CT molecular complexity index is 638. The summed E-state index contributed by atoms with van der Waals surface area (Å²) in [4.78, 5) is 22.3. The number of carboxylic acids is 1. The molecule has 0 aromatic heterocycles. The predicted octanol–water partition coefficient (Wildman–Crippen LogP) is -0.329. The van der Waals surface area contributed by atoms with Gasteiger partial charge >= 0.3 is 5.97 Å². The average molecular weight is 298 g/mol. The largest absolute Gasteiger partial charge is 0.481 e. The van der Waals surface area contributed by atoms with Crippen LogP contribution in [0.15, 0.2) is 29.2 Å². The minimum absolute atomic E-state index is 0.000658. The van der Waals surface area contributed by atoms with Crippen molar-refractivity contribution in [2.45, 2.75) is 17.9 Å². The Kier molecular flexibility index (Phi) is 3.78. The number of carbonyl (C=O) groups is 2. The molecule has 8 heteroatoms. The van der Waals surface area contributed by atoms with Crippen LogP contribution in [0.4, 0.5) is 0 Å². The van der Waals surface area contributed by atoms with Gasteiger partial charge in [0.15, 0.2) is 0 Å². The van der Waals surface area contributed by atoms with Gasteiger partial charge in [0.1, 0.15) is 0 Å². The minimum Gasteiger partial charge on any atom is -0.481 e. The van der Waals surface area contributed by atoms with Crippen LogP contribution in [-0.4, -0.2) is 25.4 Å². The number of amides is 1. The van der Waals surface area contributed by atoms with E-state index in [1.807, 2.05) is 0 Å². The highest BCUT2D eigenvalue weighted by molar-refractivity contribution is 7.89. The maximum Gasteiger partial charge on any atom is 0.307 e. The van der Waals surface area contributed by atoms with Crippen molar-refractivity contribution >= 4 is 21.9 Å². The number of primary sulfonamides is 1. The molecule has 2 rings (SSSR count). The van der Waals surface area contributed by atoms with E-state index >= 15 is 0 Å². The zero-order chi connectivity index (χ0) is 14.9. The van der Waals surface area contributed by atoms with Gasteiger partial charge in [-0.25, -0.2) is 13.6 Å². The van der Waals surface area contributed by atoms with E-state index in [0.29, 0.717) is 12.0 Å². The first-order valence-electron chi connectivity index (χ1n) is 5.91. The van der Waals surface area contributed by atoms with Gasteiger partial charge in [-0.15, -0.1) is 0 Å². The highest BCUT2D eigenvalue weighted by Crippen LogP contribution is 2.38. The number of hydrogen-bond acceptors (Lipinski definition) is 4. The third-order valence-corrected chi connectivity index (χ3v) is 4.09. The number of carbonyl (C=O) groups excluding carboxylic acids is 1. The molecule has 0 spiro atoms. The normalized spacial score (nSPS) is 21.2. The molecule has 2 atom stereocenters. The fourth-order valence-corrected chi connectivity index (χ4v) is 2.39. The lowest BCUT2D eigenvalue weighted by molar-refractivity contribution is -0.140. The molecule has 1 amide bonds. The minimum atomic E-state index is -3.72. The van der Waals surface area contributed by atoms with E-state index < -0.39 is 27.8 Å². The Morgan fingerprint density at radius 1 is 1.25 bits per heavy atom. The lowest BCUT2D eigenvalue weighted by Crippen LogP contribution is -2.25. The summed E-state index contributed by atoms with van der Waals surface area (Å²) in [5.74, 6) is -2.30. The van der Waals surface area contributed by atoms with Gasteiger partial charge < -0.3 is 10.4 Å². The van der Waals surface area contributed by atoms with Gasteiger partial charge in [0.25, 0.3) is 0 Å². The van der Waals surface area contributed by atoms with Crippen LogP contribution < -0.4 is 10.5 Å².